The number of halogens is 2. The van der Waals surface area contributed by atoms with Gasteiger partial charge in [0.1, 0.15) is 5.92 Å². The smallest absolute Gasteiger partial charge is 0.291 e. The van der Waals surface area contributed by atoms with Gasteiger partial charge in [0.2, 0.25) is 17.6 Å². The lowest BCUT2D eigenvalue weighted by atomic mass is 10.1. The van der Waals surface area contributed by atoms with Gasteiger partial charge in [0.25, 0.3) is 5.91 Å². The second kappa shape index (κ2) is 9.00. The molecule has 1 fully saturated rings. The van der Waals surface area contributed by atoms with Crippen molar-refractivity contribution in [3.05, 3.63) is 33.8 Å². The molecule has 3 amide bonds. The number of aryl methyl sites for hydroxylation is 1. The Kier molecular flexibility index (Phi) is 6.99. The zero-order valence-corrected chi connectivity index (χ0v) is 15.7. The monoisotopic (exact) mass is 399 g/mol. The number of amides is 3. The topological polar surface area (TPSA) is 95.6 Å². The van der Waals surface area contributed by atoms with Gasteiger partial charge in [0, 0.05) is 20.1 Å². The maximum Gasteiger partial charge on any atom is 0.291 e. The molecule has 0 spiro atoms. The molecule has 1 aromatic carbocycles. The molecule has 1 unspecified atom stereocenters. The number of rotatable bonds is 7. The molecule has 1 heterocycles. The number of benzene rings is 1. The van der Waals surface area contributed by atoms with Crippen LogP contribution in [0, 0.1) is 5.92 Å². The highest BCUT2D eigenvalue weighted by molar-refractivity contribution is 6.43. The van der Waals surface area contributed by atoms with Crippen LogP contribution in [-0.2, 0) is 25.6 Å². The van der Waals surface area contributed by atoms with Crippen LogP contribution in [-0.4, -0.2) is 55.1 Å². The molecule has 1 saturated heterocycles. The summed E-state index contributed by atoms with van der Waals surface area (Å²) in [5.74, 6) is -3.55. The summed E-state index contributed by atoms with van der Waals surface area (Å²) in [5.41, 5.74) is 0.984. The van der Waals surface area contributed by atoms with E-state index in [1.807, 2.05) is 6.07 Å². The fraction of sp³-hybridized carbons (Fsp3) is 0.412. The molecule has 2 N–H and O–H groups in total. The molecule has 1 atom stereocenters. The predicted octanol–water partition coefficient (Wildman–Crippen LogP) is 0.816. The van der Waals surface area contributed by atoms with Crippen LogP contribution >= 0.6 is 23.2 Å². The highest BCUT2D eigenvalue weighted by Gasteiger charge is 2.43. The molecule has 0 radical (unpaired) electrons. The Balaban J connectivity index is 1.80. The summed E-state index contributed by atoms with van der Waals surface area (Å²) in [6, 6.07) is 5.33. The summed E-state index contributed by atoms with van der Waals surface area (Å²) in [6.45, 7) is 0.0401. The summed E-state index contributed by atoms with van der Waals surface area (Å²) < 4.78 is 0. The standard InChI is InChI=1S/C17H19Cl2N3O4/c1-20-14(23)9-22-8-11(15(24)17(22)26)16(25)21-6-2-3-10-4-5-12(18)13(19)7-10/h4-5,7,11H,2-3,6,8-9H2,1H3,(H,20,23)(H,21,25). The van der Waals surface area contributed by atoms with Crippen molar-refractivity contribution in [2.45, 2.75) is 12.8 Å². The quantitative estimate of drug-likeness (QED) is 0.403. The minimum absolute atomic E-state index is 0.0797. The molecule has 0 bridgehead atoms. The normalized spacial score (nSPS) is 16.7. The van der Waals surface area contributed by atoms with Crippen molar-refractivity contribution in [3.63, 3.8) is 0 Å². The van der Waals surface area contributed by atoms with Crippen molar-refractivity contribution in [2.24, 2.45) is 5.92 Å². The van der Waals surface area contributed by atoms with E-state index in [0.717, 1.165) is 10.5 Å². The number of Topliss-reactive ketones (excluding diaryl/α,β-unsaturated/α-hetero) is 1. The molecule has 1 aliphatic heterocycles. The van der Waals surface area contributed by atoms with Gasteiger partial charge in [-0.25, -0.2) is 0 Å². The number of nitrogens with one attached hydrogen (secondary N) is 2. The molecule has 140 valence electrons. The van der Waals surface area contributed by atoms with E-state index < -0.39 is 29.4 Å². The van der Waals surface area contributed by atoms with Crippen molar-refractivity contribution in [1.29, 1.82) is 0 Å². The lowest BCUT2D eigenvalue weighted by Crippen LogP contribution is -2.38. The third-order valence-electron chi connectivity index (χ3n) is 4.07. The first kappa shape index (κ1) is 20.2. The Bertz CT molecular complexity index is 739. The second-order valence-electron chi connectivity index (χ2n) is 5.92. The number of likely N-dealkylation sites (tertiary alicyclic amines) is 1. The van der Waals surface area contributed by atoms with Crippen molar-refractivity contribution >= 4 is 46.7 Å². The van der Waals surface area contributed by atoms with Crippen molar-refractivity contribution in [1.82, 2.24) is 15.5 Å². The largest absolute Gasteiger partial charge is 0.358 e. The molecule has 0 aliphatic carbocycles. The maximum absolute atomic E-state index is 12.2. The van der Waals surface area contributed by atoms with Gasteiger partial charge >= 0.3 is 0 Å². The van der Waals surface area contributed by atoms with E-state index in [0.29, 0.717) is 29.4 Å². The van der Waals surface area contributed by atoms with Crippen LogP contribution in [0.1, 0.15) is 12.0 Å². The second-order valence-corrected chi connectivity index (χ2v) is 6.73. The number of ketones is 1. The molecule has 1 aliphatic rings. The molecular formula is C17H19Cl2N3O4. The SMILES string of the molecule is CNC(=O)CN1CC(C(=O)NCCCc2ccc(Cl)c(Cl)c2)C(=O)C1=O. The van der Waals surface area contributed by atoms with E-state index in [9.17, 15) is 19.2 Å². The van der Waals surface area contributed by atoms with E-state index in [4.69, 9.17) is 23.2 Å². The third-order valence-corrected chi connectivity index (χ3v) is 4.81. The maximum atomic E-state index is 12.2. The Morgan fingerprint density at radius 3 is 2.62 bits per heavy atom. The van der Waals surface area contributed by atoms with Gasteiger partial charge < -0.3 is 15.5 Å². The van der Waals surface area contributed by atoms with Gasteiger partial charge in [-0.15, -0.1) is 0 Å². The van der Waals surface area contributed by atoms with Gasteiger partial charge in [-0.2, -0.15) is 0 Å². The van der Waals surface area contributed by atoms with Crippen LogP contribution in [0.5, 0.6) is 0 Å². The van der Waals surface area contributed by atoms with Crippen molar-refractivity contribution in [3.8, 4) is 0 Å². The van der Waals surface area contributed by atoms with Crippen LogP contribution in [0.3, 0.4) is 0 Å². The molecular weight excluding hydrogens is 381 g/mol. The van der Waals surface area contributed by atoms with E-state index in [1.54, 1.807) is 12.1 Å². The van der Waals surface area contributed by atoms with Crippen LogP contribution in [0.2, 0.25) is 10.0 Å². The van der Waals surface area contributed by atoms with Crippen molar-refractivity contribution in [2.75, 3.05) is 26.7 Å². The van der Waals surface area contributed by atoms with E-state index in [2.05, 4.69) is 10.6 Å². The molecule has 1 aromatic rings. The minimum Gasteiger partial charge on any atom is -0.358 e. The number of nitrogens with zero attached hydrogens (tertiary/aromatic N) is 1. The number of carbonyl (C=O) groups excluding carboxylic acids is 4. The van der Waals surface area contributed by atoms with Gasteiger partial charge in [-0.3, -0.25) is 19.2 Å². The fourth-order valence-electron chi connectivity index (χ4n) is 2.60. The van der Waals surface area contributed by atoms with Gasteiger partial charge in [-0.1, -0.05) is 29.3 Å². The first-order valence-corrected chi connectivity index (χ1v) is 8.84. The summed E-state index contributed by atoms with van der Waals surface area (Å²) in [6.07, 6.45) is 1.32. The molecule has 2 rings (SSSR count). The van der Waals surface area contributed by atoms with Crippen LogP contribution < -0.4 is 10.6 Å². The zero-order chi connectivity index (χ0) is 19.3. The highest BCUT2D eigenvalue weighted by atomic mass is 35.5. The highest BCUT2D eigenvalue weighted by Crippen LogP contribution is 2.23. The number of likely N-dealkylation sites (N-methyl/N-ethyl adjacent to an activating group) is 1. The Hall–Kier alpha value is -2.12. The summed E-state index contributed by atoms with van der Waals surface area (Å²) in [7, 11) is 1.43. The average molecular weight is 400 g/mol. The van der Waals surface area contributed by atoms with E-state index in [1.165, 1.54) is 7.05 Å². The Morgan fingerprint density at radius 1 is 1.23 bits per heavy atom. The summed E-state index contributed by atoms with van der Waals surface area (Å²) >= 11 is 11.8. The number of hydrogen-bond acceptors (Lipinski definition) is 4. The first-order chi connectivity index (χ1) is 12.3. The molecule has 9 heteroatoms. The van der Waals surface area contributed by atoms with E-state index in [-0.39, 0.29) is 13.1 Å². The van der Waals surface area contributed by atoms with Crippen molar-refractivity contribution < 1.29 is 19.2 Å². The summed E-state index contributed by atoms with van der Waals surface area (Å²) in [5, 5.41) is 5.99. The van der Waals surface area contributed by atoms with Crippen LogP contribution in [0.25, 0.3) is 0 Å². The molecule has 0 aromatic heterocycles. The van der Waals surface area contributed by atoms with Gasteiger partial charge in [-0.05, 0) is 30.5 Å². The lowest BCUT2D eigenvalue weighted by Gasteiger charge is -2.14. The zero-order valence-electron chi connectivity index (χ0n) is 14.2. The molecule has 7 nitrogen and oxygen atoms in total. The Morgan fingerprint density at radius 2 is 1.96 bits per heavy atom. The predicted molar refractivity (Wildman–Crippen MR) is 96.9 cm³/mol. The van der Waals surface area contributed by atoms with Crippen LogP contribution in [0.15, 0.2) is 18.2 Å². The van der Waals surface area contributed by atoms with Gasteiger partial charge in [0.15, 0.2) is 0 Å². The van der Waals surface area contributed by atoms with E-state index >= 15 is 0 Å². The average Bonchev–Trinajstić information content (AvgIpc) is 2.89. The van der Waals surface area contributed by atoms with Crippen LogP contribution in [0.4, 0.5) is 0 Å². The third kappa shape index (κ3) is 4.95. The molecule has 0 saturated carbocycles. The van der Waals surface area contributed by atoms with Gasteiger partial charge in [0.05, 0.1) is 16.6 Å². The number of carbonyl (C=O) groups is 4. The number of hydrogen-bond donors (Lipinski definition) is 2. The minimum atomic E-state index is -1.07. The Labute approximate surface area is 161 Å². The summed E-state index contributed by atoms with van der Waals surface area (Å²) in [4.78, 5) is 48.4. The molecule has 26 heavy (non-hydrogen) atoms. The first-order valence-electron chi connectivity index (χ1n) is 8.08. The lowest BCUT2D eigenvalue weighted by molar-refractivity contribution is -0.143. The fourth-order valence-corrected chi connectivity index (χ4v) is 2.92.